The number of carbonyl (C=O) groups excluding carboxylic acids is 2. The fourth-order valence-corrected chi connectivity index (χ4v) is 3.50. The first-order valence-corrected chi connectivity index (χ1v) is 9.10. The van der Waals surface area contributed by atoms with Gasteiger partial charge >= 0.3 is 5.97 Å². The van der Waals surface area contributed by atoms with Crippen molar-refractivity contribution in [2.75, 3.05) is 11.6 Å². The van der Waals surface area contributed by atoms with E-state index in [2.05, 4.69) is 5.16 Å². The number of rotatable bonds is 6. The van der Waals surface area contributed by atoms with Gasteiger partial charge in [0.05, 0.1) is 12.7 Å². The Balaban J connectivity index is 2.04. The maximum atomic E-state index is 12.3. The van der Waals surface area contributed by atoms with Crippen LogP contribution in [0.4, 0.5) is 5.82 Å². The number of esters is 1. The molecule has 2 aromatic carbocycles. The normalized spacial score (nSPS) is 10.6. The van der Waals surface area contributed by atoms with E-state index in [1.54, 1.807) is 32.0 Å². The van der Waals surface area contributed by atoms with E-state index in [0.717, 1.165) is 22.0 Å². The summed E-state index contributed by atoms with van der Waals surface area (Å²) in [4.78, 5) is 24.0. The zero-order valence-electron chi connectivity index (χ0n) is 15.5. The summed E-state index contributed by atoms with van der Waals surface area (Å²) in [5, 5.41) is 14.3. The standard InChI is InChI=1S/C20H18N2O5S/c1-12-13(2)27-21-19(12)22(25)28-18-7-5-4-6-16(18)15-9-8-14(11-23)10-17(15)20(24)26-3/h4-11,25H,1-3H3. The number of aldehydes is 1. The van der Waals surface area contributed by atoms with Crippen molar-refractivity contribution in [3.8, 4) is 11.1 Å². The van der Waals surface area contributed by atoms with E-state index in [1.807, 2.05) is 18.2 Å². The Morgan fingerprint density at radius 1 is 1.21 bits per heavy atom. The Morgan fingerprint density at radius 2 is 1.96 bits per heavy atom. The van der Waals surface area contributed by atoms with Crippen LogP contribution in [0, 0.1) is 13.8 Å². The highest BCUT2D eigenvalue weighted by Crippen LogP contribution is 2.37. The molecule has 0 atom stereocenters. The van der Waals surface area contributed by atoms with Gasteiger partial charge in [-0.3, -0.25) is 10.0 Å². The summed E-state index contributed by atoms with van der Waals surface area (Å²) in [6.07, 6.45) is 0.669. The average molecular weight is 398 g/mol. The van der Waals surface area contributed by atoms with E-state index in [1.165, 1.54) is 13.2 Å². The van der Waals surface area contributed by atoms with Crippen LogP contribution in [0.15, 0.2) is 51.9 Å². The summed E-state index contributed by atoms with van der Waals surface area (Å²) in [5.74, 6) is 0.351. The lowest BCUT2D eigenvalue weighted by molar-refractivity contribution is 0.0601. The van der Waals surface area contributed by atoms with Crippen LogP contribution in [0.1, 0.15) is 32.0 Å². The highest BCUT2D eigenvalue weighted by atomic mass is 32.2. The van der Waals surface area contributed by atoms with Crippen molar-refractivity contribution in [3.63, 3.8) is 0 Å². The van der Waals surface area contributed by atoms with E-state index in [9.17, 15) is 14.8 Å². The number of ether oxygens (including phenoxy) is 1. The molecule has 0 aliphatic carbocycles. The van der Waals surface area contributed by atoms with E-state index in [4.69, 9.17) is 9.26 Å². The van der Waals surface area contributed by atoms with Gasteiger partial charge < -0.3 is 9.26 Å². The zero-order valence-corrected chi connectivity index (χ0v) is 16.3. The Bertz CT molecular complexity index is 1030. The minimum absolute atomic E-state index is 0.262. The van der Waals surface area contributed by atoms with Gasteiger partial charge in [-0.15, -0.1) is 0 Å². The van der Waals surface area contributed by atoms with Gasteiger partial charge in [-0.25, -0.2) is 4.79 Å². The van der Waals surface area contributed by atoms with Gasteiger partial charge in [0.15, 0.2) is 0 Å². The molecule has 0 radical (unpaired) electrons. The largest absolute Gasteiger partial charge is 0.465 e. The lowest BCUT2D eigenvalue weighted by Gasteiger charge is -2.17. The molecule has 3 aromatic rings. The van der Waals surface area contributed by atoms with Crippen molar-refractivity contribution in [2.45, 2.75) is 18.7 Å². The minimum Gasteiger partial charge on any atom is -0.465 e. The second-order valence-corrected chi connectivity index (χ2v) is 6.93. The Morgan fingerprint density at radius 3 is 2.61 bits per heavy atom. The van der Waals surface area contributed by atoms with Gasteiger partial charge in [-0.1, -0.05) is 35.5 Å². The van der Waals surface area contributed by atoms with E-state index in [0.29, 0.717) is 39.5 Å². The van der Waals surface area contributed by atoms with Gasteiger partial charge in [0.25, 0.3) is 0 Å². The molecule has 0 fully saturated rings. The number of hydrogen-bond acceptors (Lipinski definition) is 8. The van der Waals surface area contributed by atoms with Crippen LogP contribution in [-0.4, -0.2) is 29.7 Å². The number of benzene rings is 2. The molecular formula is C20H18N2O5S. The lowest BCUT2D eigenvalue weighted by Crippen LogP contribution is -2.10. The third kappa shape index (κ3) is 3.78. The smallest absolute Gasteiger partial charge is 0.338 e. The van der Waals surface area contributed by atoms with Crippen molar-refractivity contribution >= 4 is 30.0 Å². The molecule has 1 N–H and O–H groups in total. The topological polar surface area (TPSA) is 92.9 Å². The molecule has 0 aliphatic rings. The van der Waals surface area contributed by atoms with Crippen LogP contribution >= 0.6 is 11.9 Å². The van der Waals surface area contributed by atoms with Gasteiger partial charge in [0.1, 0.15) is 12.0 Å². The Hall–Kier alpha value is -3.10. The van der Waals surface area contributed by atoms with Crippen molar-refractivity contribution in [2.24, 2.45) is 0 Å². The van der Waals surface area contributed by atoms with Crippen LogP contribution in [0.5, 0.6) is 0 Å². The molecule has 3 rings (SSSR count). The summed E-state index contributed by atoms with van der Waals surface area (Å²) in [6, 6.07) is 12.1. The number of nitrogens with zero attached hydrogens (tertiary/aromatic N) is 2. The average Bonchev–Trinajstić information content (AvgIpc) is 3.06. The van der Waals surface area contributed by atoms with Crippen molar-refractivity contribution in [1.29, 1.82) is 0 Å². The lowest BCUT2D eigenvalue weighted by atomic mass is 9.97. The Kier molecular flexibility index (Phi) is 5.81. The number of hydrogen-bond donors (Lipinski definition) is 1. The second-order valence-electron chi connectivity index (χ2n) is 5.96. The highest BCUT2D eigenvalue weighted by molar-refractivity contribution is 8.00. The zero-order chi connectivity index (χ0) is 20.3. The molecule has 0 saturated carbocycles. The van der Waals surface area contributed by atoms with Crippen molar-refractivity contribution in [1.82, 2.24) is 5.16 Å². The minimum atomic E-state index is -0.553. The van der Waals surface area contributed by atoms with Gasteiger partial charge in [-0.2, -0.15) is 4.47 Å². The molecular weight excluding hydrogens is 380 g/mol. The molecule has 0 saturated heterocycles. The number of aromatic nitrogens is 1. The number of methoxy groups -OCH3 is 1. The van der Waals surface area contributed by atoms with Crippen molar-refractivity contribution < 1.29 is 24.1 Å². The predicted octanol–water partition coefficient (Wildman–Crippen LogP) is 4.46. The van der Waals surface area contributed by atoms with E-state index >= 15 is 0 Å². The maximum absolute atomic E-state index is 12.3. The molecule has 0 spiro atoms. The monoisotopic (exact) mass is 398 g/mol. The first kappa shape index (κ1) is 19.7. The number of aryl methyl sites for hydroxylation is 1. The van der Waals surface area contributed by atoms with Crippen LogP contribution in [0.3, 0.4) is 0 Å². The summed E-state index contributed by atoms with van der Waals surface area (Å²) >= 11 is 1.03. The molecule has 0 unspecified atom stereocenters. The summed E-state index contributed by atoms with van der Waals surface area (Å²) in [6.45, 7) is 3.56. The third-order valence-corrected chi connectivity index (χ3v) is 5.16. The fourth-order valence-electron chi connectivity index (χ4n) is 2.64. The first-order valence-electron chi connectivity index (χ1n) is 8.33. The molecule has 0 amide bonds. The summed E-state index contributed by atoms with van der Waals surface area (Å²) in [7, 11) is 1.28. The third-order valence-electron chi connectivity index (χ3n) is 4.26. The van der Waals surface area contributed by atoms with Gasteiger partial charge in [0, 0.05) is 28.0 Å². The van der Waals surface area contributed by atoms with Gasteiger partial charge in [0.2, 0.25) is 5.82 Å². The highest BCUT2D eigenvalue weighted by Gasteiger charge is 2.20. The SMILES string of the molecule is COC(=O)c1cc(C=O)ccc1-c1ccccc1SN(O)c1noc(C)c1C. The molecule has 28 heavy (non-hydrogen) atoms. The van der Waals surface area contributed by atoms with Crippen LogP contribution in [0.25, 0.3) is 11.1 Å². The summed E-state index contributed by atoms with van der Waals surface area (Å²) in [5.41, 5.74) is 2.63. The molecule has 8 heteroatoms. The number of anilines is 1. The maximum Gasteiger partial charge on any atom is 0.338 e. The van der Waals surface area contributed by atoms with Crippen LogP contribution < -0.4 is 4.47 Å². The number of carbonyl (C=O) groups is 2. The molecule has 7 nitrogen and oxygen atoms in total. The molecule has 144 valence electrons. The molecule has 0 aliphatic heterocycles. The Labute approximate surface area is 166 Å². The first-order chi connectivity index (χ1) is 13.5. The van der Waals surface area contributed by atoms with Crippen molar-refractivity contribution in [3.05, 3.63) is 64.9 Å². The predicted molar refractivity (Wildman–Crippen MR) is 105 cm³/mol. The molecule has 0 bridgehead atoms. The van der Waals surface area contributed by atoms with E-state index in [-0.39, 0.29) is 5.56 Å². The van der Waals surface area contributed by atoms with E-state index < -0.39 is 5.97 Å². The molecule has 1 aromatic heterocycles. The van der Waals surface area contributed by atoms with Crippen LogP contribution in [-0.2, 0) is 4.74 Å². The fraction of sp³-hybridized carbons (Fsp3) is 0.150. The quantitative estimate of drug-likeness (QED) is 0.282. The van der Waals surface area contributed by atoms with Crippen LogP contribution in [0.2, 0.25) is 0 Å². The molecule has 1 heterocycles. The summed E-state index contributed by atoms with van der Waals surface area (Å²) < 4.78 is 10.9. The van der Waals surface area contributed by atoms with Gasteiger partial charge in [-0.05, 0) is 37.1 Å². The second kappa shape index (κ2) is 8.28.